The Hall–Kier alpha value is -1.45. The zero-order valence-corrected chi connectivity index (χ0v) is 17.6. The molecule has 154 valence electrons. The van der Waals surface area contributed by atoms with Gasteiger partial charge in [0.05, 0.1) is 0 Å². The lowest BCUT2D eigenvalue weighted by Gasteiger charge is -2.31. The number of unbranched alkanes of at least 4 members (excludes halogenated alkanes) is 2. The van der Waals surface area contributed by atoms with Crippen LogP contribution in [0.5, 0.6) is 0 Å². The van der Waals surface area contributed by atoms with Gasteiger partial charge >= 0.3 is 0 Å². The van der Waals surface area contributed by atoms with Gasteiger partial charge in [-0.1, -0.05) is 66.2 Å². The second kappa shape index (κ2) is 12.9. The molecule has 0 aliphatic rings. The molecule has 0 saturated heterocycles. The summed E-state index contributed by atoms with van der Waals surface area (Å²) in [6, 6.07) is 3.47. The Labute approximate surface area is 164 Å². The van der Waals surface area contributed by atoms with Crippen molar-refractivity contribution in [2.24, 2.45) is 11.8 Å². The Morgan fingerprint density at radius 2 is 1.41 bits per heavy atom. The lowest BCUT2D eigenvalue weighted by atomic mass is 9.95. The molecule has 4 heteroatoms. The minimum atomic E-state index is -0.961. The number of amides is 1. The smallest absolute Gasteiger partial charge is 0.253 e. The molecular formula is C23H37F2NO. The molecule has 2 unspecified atom stereocenters. The summed E-state index contributed by atoms with van der Waals surface area (Å²) in [6.45, 7) is 10.1. The highest BCUT2D eigenvalue weighted by atomic mass is 19.2. The molecule has 0 aromatic heterocycles. The first-order valence-electron chi connectivity index (χ1n) is 10.7. The van der Waals surface area contributed by atoms with Gasteiger partial charge in [-0.15, -0.1) is 0 Å². The second-order valence-electron chi connectivity index (χ2n) is 7.67. The van der Waals surface area contributed by atoms with E-state index in [0.717, 1.165) is 63.5 Å². The van der Waals surface area contributed by atoms with E-state index in [2.05, 4.69) is 27.7 Å². The van der Waals surface area contributed by atoms with Gasteiger partial charge in [0, 0.05) is 18.7 Å². The van der Waals surface area contributed by atoms with Crippen LogP contribution in [-0.2, 0) is 0 Å². The van der Waals surface area contributed by atoms with E-state index in [1.807, 2.05) is 4.90 Å². The van der Waals surface area contributed by atoms with Crippen LogP contribution in [0, 0.1) is 23.5 Å². The van der Waals surface area contributed by atoms with Crippen molar-refractivity contribution in [3.8, 4) is 0 Å². The van der Waals surface area contributed by atoms with Crippen LogP contribution in [0.25, 0.3) is 0 Å². The molecule has 1 aromatic rings. The van der Waals surface area contributed by atoms with Gasteiger partial charge in [0.15, 0.2) is 11.6 Å². The highest BCUT2D eigenvalue weighted by Gasteiger charge is 2.23. The minimum Gasteiger partial charge on any atom is -0.338 e. The minimum absolute atomic E-state index is 0.182. The Kier molecular flexibility index (Phi) is 11.2. The maximum atomic E-state index is 13.6. The normalized spacial score (nSPS) is 13.4. The molecule has 0 saturated carbocycles. The van der Waals surface area contributed by atoms with E-state index < -0.39 is 11.6 Å². The third-order valence-corrected chi connectivity index (χ3v) is 5.50. The number of benzene rings is 1. The van der Waals surface area contributed by atoms with E-state index in [0.29, 0.717) is 24.9 Å². The third-order valence-electron chi connectivity index (χ3n) is 5.50. The Morgan fingerprint density at radius 3 is 1.81 bits per heavy atom. The van der Waals surface area contributed by atoms with Crippen LogP contribution >= 0.6 is 0 Å². The SMILES string of the molecule is CCCCC(CC)CN(CC(CC)CCCC)C(=O)c1ccc(F)c(F)c1. The monoisotopic (exact) mass is 381 g/mol. The van der Waals surface area contributed by atoms with E-state index >= 15 is 0 Å². The van der Waals surface area contributed by atoms with Crippen molar-refractivity contribution in [2.75, 3.05) is 13.1 Å². The zero-order valence-electron chi connectivity index (χ0n) is 17.6. The molecule has 27 heavy (non-hydrogen) atoms. The number of carbonyl (C=O) groups is 1. The van der Waals surface area contributed by atoms with Gasteiger partial charge in [-0.3, -0.25) is 4.79 Å². The van der Waals surface area contributed by atoms with Crippen molar-refractivity contribution in [2.45, 2.75) is 79.1 Å². The number of hydrogen-bond donors (Lipinski definition) is 0. The highest BCUT2D eigenvalue weighted by molar-refractivity contribution is 5.94. The van der Waals surface area contributed by atoms with Crippen LogP contribution < -0.4 is 0 Å². The van der Waals surface area contributed by atoms with E-state index in [1.165, 1.54) is 6.07 Å². The quantitative estimate of drug-likeness (QED) is 0.366. The Bertz CT molecular complexity index is 543. The first-order valence-corrected chi connectivity index (χ1v) is 10.7. The summed E-state index contributed by atoms with van der Waals surface area (Å²) in [6.07, 6.45) is 8.82. The lowest BCUT2D eigenvalue weighted by Crippen LogP contribution is -2.39. The molecule has 0 heterocycles. The van der Waals surface area contributed by atoms with Crippen LogP contribution in [0.4, 0.5) is 8.78 Å². The zero-order chi connectivity index (χ0) is 20.2. The van der Waals surface area contributed by atoms with E-state index in [-0.39, 0.29) is 11.5 Å². The topological polar surface area (TPSA) is 20.3 Å². The molecule has 0 N–H and O–H groups in total. The van der Waals surface area contributed by atoms with Crippen molar-refractivity contribution < 1.29 is 13.6 Å². The second-order valence-corrected chi connectivity index (χ2v) is 7.67. The van der Waals surface area contributed by atoms with Gasteiger partial charge in [-0.25, -0.2) is 8.78 Å². The summed E-state index contributed by atoms with van der Waals surface area (Å²) >= 11 is 0. The van der Waals surface area contributed by atoms with Gasteiger partial charge < -0.3 is 4.90 Å². The van der Waals surface area contributed by atoms with Crippen LogP contribution in [0.3, 0.4) is 0 Å². The Morgan fingerprint density at radius 1 is 0.889 bits per heavy atom. The van der Waals surface area contributed by atoms with Crippen LogP contribution in [0.15, 0.2) is 18.2 Å². The van der Waals surface area contributed by atoms with Gasteiger partial charge in [-0.05, 0) is 42.9 Å². The number of halogens is 2. The molecule has 2 atom stereocenters. The standard InChI is InChI=1S/C23H37F2NO/c1-5-9-11-18(7-3)16-26(17-19(8-4)12-10-6-2)23(27)20-13-14-21(24)22(25)15-20/h13-15,18-19H,5-12,16-17H2,1-4H3. The van der Waals surface area contributed by atoms with Gasteiger partial charge in [0.2, 0.25) is 0 Å². The van der Waals surface area contributed by atoms with E-state index in [4.69, 9.17) is 0 Å². The summed E-state index contributed by atoms with van der Waals surface area (Å²) < 4.78 is 26.9. The summed E-state index contributed by atoms with van der Waals surface area (Å²) in [7, 11) is 0. The average Bonchev–Trinajstić information content (AvgIpc) is 2.68. The molecule has 1 aromatic carbocycles. The van der Waals surface area contributed by atoms with Crippen LogP contribution in [0.1, 0.15) is 89.4 Å². The van der Waals surface area contributed by atoms with Gasteiger partial charge in [0.25, 0.3) is 5.91 Å². The van der Waals surface area contributed by atoms with Gasteiger partial charge in [0.1, 0.15) is 0 Å². The molecule has 0 spiro atoms. The maximum Gasteiger partial charge on any atom is 0.253 e. The number of nitrogens with zero attached hydrogens (tertiary/aromatic N) is 1. The van der Waals surface area contributed by atoms with E-state index in [9.17, 15) is 13.6 Å². The van der Waals surface area contributed by atoms with E-state index in [1.54, 1.807) is 0 Å². The molecule has 1 amide bonds. The van der Waals surface area contributed by atoms with Crippen LogP contribution in [-0.4, -0.2) is 23.9 Å². The fourth-order valence-electron chi connectivity index (χ4n) is 3.51. The van der Waals surface area contributed by atoms with Crippen molar-refractivity contribution in [1.82, 2.24) is 4.90 Å². The molecule has 0 aliphatic heterocycles. The van der Waals surface area contributed by atoms with Crippen molar-refractivity contribution >= 4 is 5.91 Å². The fraction of sp³-hybridized carbons (Fsp3) is 0.696. The van der Waals surface area contributed by atoms with Crippen LogP contribution in [0.2, 0.25) is 0 Å². The number of rotatable bonds is 13. The largest absolute Gasteiger partial charge is 0.338 e. The molecule has 0 radical (unpaired) electrons. The van der Waals surface area contributed by atoms with Crippen molar-refractivity contribution in [3.63, 3.8) is 0 Å². The summed E-state index contributed by atoms with van der Waals surface area (Å²) in [5.74, 6) is -1.16. The molecule has 0 aliphatic carbocycles. The predicted molar refractivity (Wildman–Crippen MR) is 109 cm³/mol. The molecule has 1 rings (SSSR count). The molecule has 0 fully saturated rings. The Balaban J connectivity index is 2.99. The predicted octanol–water partition coefficient (Wildman–Crippen LogP) is 6.84. The fourth-order valence-corrected chi connectivity index (χ4v) is 3.51. The molecule has 2 nitrogen and oxygen atoms in total. The average molecular weight is 382 g/mol. The number of hydrogen-bond acceptors (Lipinski definition) is 1. The lowest BCUT2D eigenvalue weighted by molar-refractivity contribution is 0.0684. The highest BCUT2D eigenvalue weighted by Crippen LogP contribution is 2.21. The third kappa shape index (κ3) is 7.98. The first kappa shape index (κ1) is 23.6. The summed E-state index contributed by atoms with van der Waals surface area (Å²) in [5.41, 5.74) is 0.240. The van der Waals surface area contributed by atoms with Gasteiger partial charge in [-0.2, -0.15) is 0 Å². The molecular weight excluding hydrogens is 344 g/mol. The maximum absolute atomic E-state index is 13.6. The number of carbonyl (C=O) groups excluding carboxylic acids is 1. The van der Waals surface area contributed by atoms with Crippen molar-refractivity contribution in [1.29, 1.82) is 0 Å². The first-order chi connectivity index (χ1) is 13.0. The summed E-state index contributed by atoms with van der Waals surface area (Å²) in [5, 5.41) is 0. The molecule has 0 bridgehead atoms. The van der Waals surface area contributed by atoms with Crippen molar-refractivity contribution in [3.05, 3.63) is 35.4 Å². The summed E-state index contributed by atoms with van der Waals surface area (Å²) in [4.78, 5) is 15.0.